The van der Waals surface area contributed by atoms with Gasteiger partial charge in [0.2, 0.25) is 0 Å². The molecule has 2 rings (SSSR count). The zero-order chi connectivity index (χ0) is 14.5. The van der Waals surface area contributed by atoms with E-state index in [4.69, 9.17) is 4.98 Å². The first-order chi connectivity index (χ1) is 9.71. The molecule has 0 aliphatic heterocycles. The van der Waals surface area contributed by atoms with Crippen LogP contribution in [0.5, 0.6) is 0 Å². The Hall–Kier alpha value is -0.930. The Morgan fingerprint density at radius 1 is 1.15 bits per heavy atom. The number of hydrogen-bond acceptors (Lipinski definition) is 2. The molecule has 0 aliphatic rings. The quantitative estimate of drug-likeness (QED) is 0.796. The van der Waals surface area contributed by atoms with Crippen LogP contribution in [-0.4, -0.2) is 11.5 Å². The molecule has 1 heterocycles. The fourth-order valence-corrected chi connectivity index (χ4v) is 3.37. The smallest absolute Gasteiger partial charge is 0.0725 e. The van der Waals surface area contributed by atoms with Crippen LogP contribution < -0.4 is 5.32 Å². The minimum atomic E-state index is 0.314. The van der Waals surface area contributed by atoms with Gasteiger partial charge < -0.3 is 5.32 Å². The lowest BCUT2D eigenvalue weighted by Crippen LogP contribution is -2.29. The first-order valence-corrected chi connectivity index (χ1v) is 8.29. The molecule has 20 heavy (non-hydrogen) atoms. The molecule has 1 aromatic carbocycles. The number of nitrogens with zero attached hydrogens (tertiary/aromatic N) is 1. The molecule has 0 amide bonds. The largest absolute Gasteiger partial charge is 0.309 e. The molecule has 0 saturated heterocycles. The molecule has 0 fully saturated rings. The normalized spacial score (nSPS) is 13.1. The lowest BCUT2D eigenvalue weighted by atomic mass is 9.91. The summed E-state index contributed by atoms with van der Waals surface area (Å²) in [6, 6.07) is 10.8. The van der Waals surface area contributed by atoms with Gasteiger partial charge in [-0.3, -0.25) is 0 Å². The highest BCUT2D eigenvalue weighted by atomic mass is 79.9. The number of nitrogens with one attached hydrogen (secondary N) is 1. The summed E-state index contributed by atoms with van der Waals surface area (Å²) in [5, 5.41) is 4.80. The van der Waals surface area contributed by atoms with Crippen molar-refractivity contribution in [1.82, 2.24) is 10.3 Å². The van der Waals surface area contributed by atoms with Crippen LogP contribution in [0.1, 0.15) is 45.3 Å². The minimum Gasteiger partial charge on any atom is -0.309 e. The predicted octanol–water partition coefficient (Wildman–Crippen LogP) is 5.08. The molecule has 1 unspecified atom stereocenters. The van der Waals surface area contributed by atoms with Gasteiger partial charge >= 0.3 is 0 Å². The van der Waals surface area contributed by atoms with Gasteiger partial charge in [-0.25, -0.2) is 4.98 Å². The van der Waals surface area contributed by atoms with Crippen LogP contribution in [0.25, 0.3) is 10.9 Å². The van der Waals surface area contributed by atoms with Crippen molar-refractivity contribution in [3.8, 4) is 0 Å². The number of rotatable bonds is 6. The van der Waals surface area contributed by atoms with Crippen LogP contribution in [0, 0.1) is 5.92 Å². The lowest BCUT2D eigenvalue weighted by molar-refractivity contribution is 0.340. The molecule has 0 spiro atoms. The van der Waals surface area contributed by atoms with Crippen molar-refractivity contribution in [2.24, 2.45) is 5.92 Å². The van der Waals surface area contributed by atoms with E-state index in [0.29, 0.717) is 12.0 Å². The van der Waals surface area contributed by atoms with Gasteiger partial charge in [-0.2, -0.15) is 0 Å². The van der Waals surface area contributed by atoms with E-state index < -0.39 is 0 Å². The number of pyridine rings is 1. The summed E-state index contributed by atoms with van der Waals surface area (Å²) in [4.78, 5) is 4.90. The second-order valence-corrected chi connectivity index (χ2v) is 6.01. The van der Waals surface area contributed by atoms with Crippen molar-refractivity contribution >= 4 is 26.8 Å². The topological polar surface area (TPSA) is 24.9 Å². The minimum absolute atomic E-state index is 0.314. The van der Waals surface area contributed by atoms with Crippen molar-refractivity contribution in [2.45, 2.75) is 39.7 Å². The third-order valence-corrected chi connectivity index (χ3v) is 4.58. The molecular weight excluding hydrogens is 312 g/mol. The summed E-state index contributed by atoms with van der Waals surface area (Å²) < 4.78 is 1.11. The Morgan fingerprint density at radius 3 is 2.50 bits per heavy atom. The van der Waals surface area contributed by atoms with E-state index in [9.17, 15) is 0 Å². The van der Waals surface area contributed by atoms with Crippen molar-refractivity contribution in [3.63, 3.8) is 0 Å². The van der Waals surface area contributed by atoms with E-state index in [2.05, 4.69) is 66.3 Å². The van der Waals surface area contributed by atoms with Gasteiger partial charge in [0.1, 0.15) is 0 Å². The number of aromatic nitrogens is 1. The van der Waals surface area contributed by atoms with Gasteiger partial charge in [-0.05, 0) is 40.5 Å². The first-order valence-electron chi connectivity index (χ1n) is 7.49. The SMILES string of the molecule is CCNC(c1nc2ccccc2cc1Br)C(CC)CC. The number of para-hydroxylation sites is 1. The molecule has 3 heteroatoms. The monoisotopic (exact) mass is 334 g/mol. The van der Waals surface area contributed by atoms with E-state index in [-0.39, 0.29) is 0 Å². The molecule has 1 aromatic heterocycles. The Morgan fingerprint density at radius 2 is 1.85 bits per heavy atom. The van der Waals surface area contributed by atoms with Gasteiger partial charge in [0.05, 0.1) is 17.3 Å². The Kier molecular flexibility index (Phi) is 5.55. The highest BCUT2D eigenvalue weighted by Gasteiger charge is 2.23. The Bertz CT molecular complexity index is 564. The van der Waals surface area contributed by atoms with Crippen LogP contribution in [0.4, 0.5) is 0 Å². The summed E-state index contributed by atoms with van der Waals surface area (Å²) in [6.45, 7) is 7.63. The number of fused-ring (bicyclic) bond motifs is 1. The van der Waals surface area contributed by atoms with Crippen molar-refractivity contribution < 1.29 is 0 Å². The lowest BCUT2D eigenvalue weighted by Gasteiger charge is -2.26. The molecule has 2 nitrogen and oxygen atoms in total. The Labute approximate surface area is 130 Å². The van der Waals surface area contributed by atoms with Gasteiger partial charge in [-0.1, -0.05) is 51.8 Å². The van der Waals surface area contributed by atoms with E-state index in [0.717, 1.165) is 35.1 Å². The van der Waals surface area contributed by atoms with E-state index in [1.54, 1.807) is 0 Å². The van der Waals surface area contributed by atoms with E-state index in [1.165, 1.54) is 5.39 Å². The second-order valence-electron chi connectivity index (χ2n) is 5.16. The average Bonchev–Trinajstić information content (AvgIpc) is 2.47. The predicted molar refractivity (Wildman–Crippen MR) is 89.9 cm³/mol. The van der Waals surface area contributed by atoms with Crippen LogP contribution in [0.3, 0.4) is 0 Å². The molecule has 2 aromatic rings. The number of hydrogen-bond donors (Lipinski definition) is 1. The molecule has 1 N–H and O–H groups in total. The summed E-state index contributed by atoms with van der Waals surface area (Å²) in [6.07, 6.45) is 2.32. The molecule has 1 atom stereocenters. The summed E-state index contributed by atoms with van der Waals surface area (Å²) >= 11 is 3.71. The number of halogens is 1. The molecule has 0 aliphatic carbocycles. The van der Waals surface area contributed by atoms with Crippen LogP contribution in [0.15, 0.2) is 34.8 Å². The van der Waals surface area contributed by atoms with Crippen LogP contribution >= 0.6 is 15.9 Å². The third-order valence-electron chi connectivity index (χ3n) is 3.94. The average molecular weight is 335 g/mol. The maximum atomic E-state index is 4.90. The second kappa shape index (κ2) is 7.19. The molecule has 108 valence electrons. The van der Waals surface area contributed by atoms with Crippen molar-refractivity contribution in [3.05, 3.63) is 40.5 Å². The highest BCUT2D eigenvalue weighted by Crippen LogP contribution is 2.32. The van der Waals surface area contributed by atoms with Crippen LogP contribution in [-0.2, 0) is 0 Å². The van der Waals surface area contributed by atoms with Gasteiger partial charge in [0, 0.05) is 9.86 Å². The highest BCUT2D eigenvalue weighted by molar-refractivity contribution is 9.10. The van der Waals surface area contributed by atoms with E-state index in [1.807, 2.05) is 6.07 Å². The zero-order valence-corrected chi connectivity index (χ0v) is 14.1. The maximum absolute atomic E-state index is 4.90. The van der Waals surface area contributed by atoms with Crippen molar-refractivity contribution in [2.75, 3.05) is 6.54 Å². The third kappa shape index (κ3) is 3.21. The molecule has 0 radical (unpaired) electrons. The van der Waals surface area contributed by atoms with Gasteiger partial charge in [0.15, 0.2) is 0 Å². The Balaban J connectivity index is 2.49. The van der Waals surface area contributed by atoms with Gasteiger partial charge in [-0.15, -0.1) is 0 Å². The molecular formula is C17H23BrN2. The fourth-order valence-electron chi connectivity index (χ4n) is 2.79. The van der Waals surface area contributed by atoms with Crippen LogP contribution in [0.2, 0.25) is 0 Å². The fraction of sp³-hybridized carbons (Fsp3) is 0.471. The first kappa shape index (κ1) is 15.5. The summed E-state index contributed by atoms with van der Waals surface area (Å²) in [7, 11) is 0. The maximum Gasteiger partial charge on any atom is 0.0725 e. The standard InChI is InChI=1S/C17H23BrN2/c1-4-12(5-2)16(19-6-3)17-14(18)11-13-9-7-8-10-15(13)20-17/h7-12,16,19H,4-6H2,1-3H3. The molecule has 0 saturated carbocycles. The summed E-state index contributed by atoms with van der Waals surface area (Å²) in [5.41, 5.74) is 2.21. The van der Waals surface area contributed by atoms with Crippen molar-refractivity contribution in [1.29, 1.82) is 0 Å². The summed E-state index contributed by atoms with van der Waals surface area (Å²) in [5.74, 6) is 0.611. The number of benzene rings is 1. The molecule has 0 bridgehead atoms. The van der Waals surface area contributed by atoms with E-state index >= 15 is 0 Å². The van der Waals surface area contributed by atoms with Gasteiger partial charge in [0.25, 0.3) is 0 Å². The zero-order valence-electron chi connectivity index (χ0n) is 12.5.